The van der Waals surface area contributed by atoms with Crippen LogP contribution >= 0.6 is 11.6 Å². The van der Waals surface area contributed by atoms with Crippen LogP contribution in [0.5, 0.6) is 0 Å². The molecular weight excluding hydrogens is 686 g/mol. The molecule has 0 atom stereocenters. The highest BCUT2D eigenvalue weighted by Gasteiger charge is 2.36. The molecule has 8 aromatic carbocycles. The fourth-order valence-corrected chi connectivity index (χ4v) is 7.90. The van der Waals surface area contributed by atoms with Gasteiger partial charge >= 0.3 is 0 Å². The maximum absolute atomic E-state index is 8.13. The van der Waals surface area contributed by atoms with E-state index in [1.165, 1.54) is 16.7 Å². The first kappa shape index (κ1) is 35.9. The van der Waals surface area contributed by atoms with Crippen LogP contribution in [0.1, 0.15) is 43.0 Å². The minimum atomic E-state index is -0.956. The van der Waals surface area contributed by atoms with E-state index in [4.69, 9.17) is 11.6 Å². The van der Waals surface area contributed by atoms with Crippen LogP contribution in [-0.2, 0) is 10.3 Å². The van der Waals surface area contributed by atoms with Gasteiger partial charge in [0.05, 0.1) is 5.69 Å². The van der Waals surface area contributed by atoms with E-state index >= 15 is 0 Å². The van der Waals surface area contributed by atoms with Gasteiger partial charge in [0.1, 0.15) is 4.87 Å². The van der Waals surface area contributed by atoms with Crippen molar-refractivity contribution in [2.45, 2.75) is 31.1 Å². The third-order valence-electron chi connectivity index (χ3n) is 10.4. The number of nitrogens with zero attached hydrogens (tertiary/aromatic N) is 1. The minimum absolute atomic E-state index is 0.181. The van der Waals surface area contributed by atoms with Crippen molar-refractivity contribution in [2.24, 2.45) is 0 Å². The number of rotatable bonds is 9. The molecule has 0 aromatic heterocycles. The van der Waals surface area contributed by atoms with Gasteiger partial charge in [0.2, 0.25) is 0 Å². The molecule has 1 nitrogen and oxygen atoms in total. The molecule has 268 valence electrons. The first-order valence-corrected chi connectivity index (χ1v) is 19.3. The lowest BCUT2D eigenvalue weighted by Crippen LogP contribution is -2.25. The summed E-state index contributed by atoms with van der Waals surface area (Å²) in [6.45, 7) is 6.84. The van der Waals surface area contributed by atoms with Crippen molar-refractivity contribution in [2.75, 3.05) is 4.90 Å². The van der Waals surface area contributed by atoms with Crippen LogP contribution in [0.25, 0.3) is 33.4 Å². The summed E-state index contributed by atoms with van der Waals surface area (Å²) >= 11 is 8.13. The van der Waals surface area contributed by atoms with Gasteiger partial charge in [-0.05, 0) is 74.2 Å². The molecule has 0 bridgehead atoms. The molecule has 0 amide bonds. The van der Waals surface area contributed by atoms with Gasteiger partial charge in [-0.25, -0.2) is 0 Å². The summed E-state index contributed by atoms with van der Waals surface area (Å²) in [6, 6.07) is 75.6. The van der Waals surface area contributed by atoms with Crippen molar-refractivity contribution < 1.29 is 0 Å². The second-order valence-corrected chi connectivity index (χ2v) is 15.7. The minimum Gasteiger partial charge on any atom is -0.309 e. The Hall–Kier alpha value is -6.15. The van der Waals surface area contributed by atoms with E-state index in [2.05, 4.69) is 238 Å². The average Bonchev–Trinajstić information content (AvgIpc) is 3.25. The topological polar surface area (TPSA) is 3.24 Å². The Morgan fingerprint density at radius 1 is 0.345 bits per heavy atom. The van der Waals surface area contributed by atoms with E-state index in [0.29, 0.717) is 0 Å². The lowest BCUT2D eigenvalue weighted by atomic mass is 9.79. The largest absolute Gasteiger partial charge is 0.309 e. The lowest BCUT2D eigenvalue weighted by molar-refractivity contribution is 0.588. The van der Waals surface area contributed by atoms with Gasteiger partial charge in [0, 0.05) is 22.5 Å². The molecule has 0 fully saturated rings. The average molecular weight is 730 g/mol. The van der Waals surface area contributed by atoms with E-state index in [9.17, 15) is 0 Å². The van der Waals surface area contributed by atoms with E-state index in [1.54, 1.807) is 0 Å². The molecule has 0 aliphatic rings. The summed E-state index contributed by atoms with van der Waals surface area (Å²) in [4.78, 5) is 1.49. The third kappa shape index (κ3) is 7.24. The summed E-state index contributed by atoms with van der Waals surface area (Å²) in [6.07, 6.45) is 0. The Kier molecular flexibility index (Phi) is 9.98. The van der Waals surface area contributed by atoms with Crippen LogP contribution in [0.15, 0.2) is 212 Å². The van der Waals surface area contributed by atoms with Gasteiger partial charge in [0.15, 0.2) is 0 Å². The molecule has 0 radical (unpaired) electrons. The molecule has 0 N–H and O–H groups in total. The van der Waals surface area contributed by atoms with Crippen molar-refractivity contribution >= 4 is 28.7 Å². The first-order chi connectivity index (χ1) is 26.8. The quantitative estimate of drug-likeness (QED) is 0.106. The van der Waals surface area contributed by atoms with Crippen LogP contribution < -0.4 is 4.90 Å². The number of hydrogen-bond donors (Lipinski definition) is 0. The summed E-state index contributed by atoms with van der Waals surface area (Å²) in [5, 5.41) is 0. The number of hydrogen-bond acceptors (Lipinski definition) is 1. The van der Waals surface area contributed by atoms with Crippen LogP contribution in [0.2, 0.25) is 0 Å². The van der Waals surface area contributed by atoms with E-state index in [0.717, 1.165) is 56.0 Å². The number of anilines is 3. The van der Waals surface area contributed by atoms with Crippen molar-refractivity contribution in [1.82, 2.24) is 0 Å². The molecule has 0 saturated heterocycles. The zero-order valence-corrected chi connectivity index (χ0v) is 32.3. The molecule has 55 heavy (non-hydrogen) atoms. The summed E-state index contributed by atoms with van der Waals surface area (Å²) < 4.78 is 0. The number of halogens is 1. The zero-order valence-electron chi connectivity index (χ0n) is 31.5. The van der Waals surface area contributed by atoms with Gasteiger partial charge in [-0.1, -0.05) is 209 Å². The highest BCUT2D eigenvalue weighted by molar-refractivity contribution is 6.28. The first-order valence-electron chi connectivity index (χ1n) is 19.0. The molecule has 0 aliphatic heterocycles. The lowest BCUT2D eigenvalue weighted by Gasteiger charge is -2.35. The van der Waals surface area contributed by atoms with Crippen LogP contribution in [0.4, 0.5) is 17.1 Å². The van der Waals surface area contributed by atoms with Crippen LogP contribution in [-0.4, -0.2) is 0 Å². The van der Waals surface area contributed by atoms with Crippen LogP contribution in [0.3, 0.4) is 0 Å². The smallest absolute Gasteiger partial charge is 0.119 e. The van der Waals surface area contributed by atoms with E-state index < -0.39 is 4.87 Å². The molecule has 0 heterocycles. The second kappa shape index (κ2) is 15.3. The second-order valence-electron chi connectivity index (χ2n) is 15.1. The standard InChI is InChI=1S/C53H44ClN/c1-52(2,3)45-36-46(53(54,43-26-15-7-16-27-43)44-28-17-8-18-29-44)38-48(37-45)55(47-34-32-40(33-35-47)39-20-9-4-10-21-39)51-49(41-22-11-5-12-23-41)30-19-31-50(51)42-24-13-6-14-25-42/h4-38H,1-3H3. The van der Waals surface area contributed by atoms with Gasteiger partial charge in [-0.2, -0.15) is 0 Å². The maximum Gasteiger partial charge on any atom is 0.119 e. The maximum atomic E-state index is 8.13. The zero-order chi connectivity index (χ0) is 37.8. The Bertz CT molecular complexity index is 2390. The van der Waals surface area contributed by atoms with E-state index in [-0.39, 0.29) is 5.41 Å². The predicted octanol–water partition coefficient (Wildman–Crippen LogP) is 15.0. The van der Waals surface area contributed by atoms with Gasteiger partial charge < -0.3 is 4.90 Å². The molecule has 0 aliphatic carbocycles. The summed E-state index contributed by atoms with van der Waals surface area (Å²) in [7, 11) is 0. The SMILES string of the molecule is CC(C)(C)c1cc(N(c2ccc(-c3ccccc3)cc2)c2c(-c3ccccc3)cccc2-c2ccccc2)cc(C(Cl)(c2ccccc2)c2ccccc2)c1. The number of benzene rings is 8. The molecule has 0 unspecified atom stereocenters. The van der Waals surface area contributed by atoms with Gasteiger partial charge in [-0.15, -0.1) is 11.6 Å². The fraction of sp³-hybridized carbons (Fsp3) is 0.0943. The Morgan fingerprint density at radius 2 is 0.745 bits per heavy atom. The molecule has 8 aromatic rings. The third-order valence-corrected chi connectivity index (χ3v) is 11.1. The molecule has 2 heteroatoms. The van der Waals surface area contributed by atoms with Crippen molar-refractivity contribution in [1.29, 1.82) is 0 Å². The Labute approximate surface area is 331 Å². The normalized spacial score (nSPS) is 11.6. The highest BCUT2D eigenvalue weighted by Crippen LogP contribution is 2.50. The Morgan fingerprint density at radius 3 is 1.20 bits per heavy atom. The summed E-state index contributed by atoms with van der Waals surface area (Å²) in [5.74, 6) is 0. The number of alkyl halides is 1. The Balaban J connectivity index is 1.46. The fourth-order valence-electron chi connectivity index (χ4n) is 7.53. The van der Waals surface area contributed by atoms with Crippen molar-refractivity contribution in [3.8, 4) is 33.4 Å². The molecule has 0 spiro atoms. The number of para-hydroxylation sites is 1. The monoisotopic (exact) mass is 729 g/mol. The molecular formula is C53H44ClN. The predicted molar refractivity (Wildman–Crippen MR) is 235 cm³/mol. The highest BCUT2D eigenvalue weighted by atomic mass is 35.5. The molecule has 8 rings (SSSR count). The van der Waals surface area contributed by atoms with Gasteiger partial charge in [0.25, 0.3) is 0 Å². The summed E-state index contributed by atoms with van der Waals surface area (Å²) in [5.41, 5.74) is 14.2. The van der Waals surface area contributed by atoms with Crippen molar-refractivity contribution in [3.05, 3.63) is 235 Å². The van der Waals surface area contributed by atoms with Crippen LogP contribution in [0, 0.1) is 0 Å². The molecule has 0 saturated carbocycles. The van der Waals surface area contributed by atoms with Crippen molar-refractivity contribution in [3.63, 3.8) is 0 Å². The van der Waals surface area contributed by atoms with Gasteiger partial charge in [-0.3, -0.25) is 0 Å². The van der Waals surface area contributed by atoms with E-state index in [1.807, 2.05) is 0 Å².